The summed E-state index contributed by atoms with van der Waals surface area (Å²) in [6.07, 6.45) is 7.54. The van der Waals surface area contributed by atoms with Gasteiger partial charge in [0.2, 0.25) is 0 Å². The number of amides is 1. The molecule has 1 atom stereocenters. The van der Waals surface area contributed by atoms with Gasteiger partial charge in [0.15, 0.2) is 0 Å². The van der Waals surface area contributed by atoms with Crippen LogP contribution in [-0.2, 0) is 0 Å². The minimum atomic E-state index is -0.218. The normalized spacial score (nSPS) is 11.5. The number of nitrogens with one attached hydrogen (secondary N) is 1. The predicted octanol–water partition coefficient (Wildman–Crippen LogP) is 1.99. The quantitative estimate of drug-likeness (QED) is 0.672. The monoisotopic (exact) mass is 266 g/mol. The molecule has 0 saturated heterocycles. The first kappa shape index (κ1) is 11.7. The Bertz CT molecular complexity index is 398. The van der Waals surface area contributed by atoms with Gasteiger partial charge in [-0.25, -0.2) is 4.98 Å². The van der Waals surface area contributed by atoms with Gasteiger partial charge in [-0.2, -0.15) is 0 Å². The number of hydrogen-bond donors (Lipinski definition) is 1. The van der Waals surface area contributed by atoms with Crippen LogP contribution in [0.4, 0.5) is 0 Å². The largest absolute Gasteiger partial charge is 0.338 e. The lowest BCUT2D eigenvalue weighted by molar-refractivity contribution is 0.0945. The van der Waals surface area contributed by atoms with E-state index in [0.29, 0.717) is 16.6 Å². The molecule has 1 heterocycles. The zero-order valence-electron chi connectivity index (χ0n) is 8.33. The first-order valence-electron chi connectivity index (χ1n) is 4.56. The number of carbonyl (C=O) groups excluding carboxylic acids is 1. The number of pyridine rings is 1. The molecule has 1 amide bonds. The summed E-state index contributed by atoms with van der Waals surface area (Å²) in [4.78, 5) is 15.6. The molecule has 0 spiro atoms. The minimum absolute atomic E-state index is 0.178. The number of terminal acetylenes is 1. The molecule has 4 heteroatoms. The van der Waals surface area contributed by atoms with Crippen molar-refractivity contribution in [2.45, 2.75) is 19.4 Å². The van der Waals surface area contributed by atoms with E-state index >= 15 is 0 Å². The molecule has 0 bridgehead atoms. The first-order valence-corrected chi connectivity index (χ1v) is 5.35. The Morgan fingerprint density at radius 1 is 1.80 bits per heavy atom. The van der Waals surface area contributed by atoms with Crippen molar-refractivity contribution in [1.29, 1.82) is 0 Å². The molecule has 15 heavy (non-hydrogen) atoms. The van der Waals surface area contributed by atoms with Crippen molar-refractivity contribution in [3.05, 3.63) is 28.5 Å². The molecule has 0 aliphatic heterocycles. The van der Waals surface area contributed by atoms with Crippen LogP contribution in [0.5, 0.6) is 0 Å². The van der Waals surface area contributed by atoms with E-state index in [1.807, 2.05) is 6.92 Å². The van der Waals surface area contributed by atoms with Crippen LogP contribution in [0, 0.1) is 12.3 Å². The van der Waals surface area contributed by atoms with Crippen LogP contribution in [0.15, 0.2) is 22.9 Å². The first-order chi connectivity index (χ1) is 7.17. The van der Waals surface area contributed by atoms with Gasteiger partial charge in [0.25, 0.3) is 5.91 Å². The fraction of sp³-hybridized carbons (Fsp3) is 0.273. The standard InChI is InChI=1S/C11H11BrN2O/c1-3-9(4-2)14-11(15)8-5-6-13-10(12)7-8/h1,5-7,9H,4H2,2H3,(H,14,15). The summed E-state index contributed by atoms with van der Waals surface area (Å²) in [7, 11) is 0. The van der Waals surface area contributed by atoms with Gasteiger partial charge in [-0.1, -0.05) is 12.8 Å². The van der Waals surface area contributed by atoms with Crippen LogP contribution in [0.2, 0.25) is 0 Å². The molecule has 0 aromatic carbocycles. The van der Waals surface area contributed by atoms with Crippen molar-refractivity contribution in [2.24, 2.45) is 0 Å². The van der Waals surface area contributed by atoms with Gasteiger partial charge in [0, 0.05) is 11.8 Å². The second-order valence-electron chi connectivity index (χ2n) is 2.97. The Kier molecular flexibility index (Phi) is 4.32. The maximum Gasteiger partial charge on any atom is 0.252 e. The number of aromatic nitrogens is 1. The van der Waals surface area contributed by atoms with E-state index in [4.69, 9.17) is 6.42 Å². The second kappa shape index (κ2) is 5.52. The number of hydrogen-bond acceptors (Lipinski definition) is 2. The molecule has 1 N–H and O–H groups in total. The fourth-order valence-corrected chi connectivity index (χ4v) is 1.41. The van der Waals surface area contributed by atoms with Crippen molar-refractivity contribution in [1.82, 2.24) is 10.3 Å². The van der Waals surface area contributed by atoms with Crippen LogP contribution >= 0.6 is 15.9 Å². The van der Waals surface area contributed by atoms with E-state index < -0.39 is 0 Å². The predicted molar refractivity (Wildman–Crippen MR) is 62.3 cm³/mol. The number of rotatable bonds is 3. The molecule has 0 radical (unpaired) electrons. The maximum atomic E-state index is 11.7. The van der Waals surface area contributed by atoms with E-state index in [1.54, 1.807) is 18.3 Å². The molecule has 1 aromatic rings. The molecule has 3 nitrogen and oxygen atoms in total. The third-order valence-corrected chi connectivity index (χ3v) is 2.34. The molecule has 1 rings (SSSR count). The highest BCUT2D eigenvalue weighted by atomic mass is 79.9. The maximum absolute atomic E-state index is 11.7. The summed E-state index contributed by atoms with van der Waals surface area (Å²) in [5.74, 6) is 2.33. The summed E-state index contributed by atoms with van der Waals surface area (Å²) in [6.45, 7) is 1.92. The second-order valence-corrected chi connectivity index (χ2v) is 3.78. The lowest BCUT2D eigenvalue weighted by atomic mass is 10.2. The van der Waals surface area contributed by atoms with Gasteiger partial charge in [0.1, 0.15) is 4.60 Å². The fourth-order valence-electron chi connectivity index (χ4n) is 1.05. The molecule has 1 aromatic heterocycles. The zero-order valence-corrected chi connectivity index (χ0v) is 9.91. The third kappa shape index (κ3) is 3.37. The van der Waals surface area contributed by atoms with Crippen LogP contribution in [0.1, 0.15) is 23.7 Å². The molecular formula is C11H11BrN2O. The van der Waals surface area contributed by atoms with Gasteiger partial charge in [-0.05, 0) is 34.5 Å². The van der Waals surface area contributed by atoms with Crippen LogP contribution in [0.3, 0.4) is 0 Å². The van der Waals surface area contributed by atoms with E-state index in [2.05, 4.69) is 32.2 Å². The Morgan fingerprint density at radius 2 is 2.53 bits per heavy atom. The molecule has 0 aliphatic carbocycles. The Balaban J connectivity index is 2.74. The van der Waals surface area contributed by atoms with Gasteiger partial charge in [0.05, 0.1) is 6.04 Å². The minimum Gasteiger partial charge on any atom is -0.338 e. The van der Waals surface area contributed by atoms with Crippen LogP contribution in [-0.4, -0.2) is 16.9 Å². The van der Waals surface area contributed by atoms with Crippen molar-refractivity contribution >= 4 is 21.8 Å². The van der Waals surface area contributed by atoms with E-state index in [-0.39, 0.29) is 11.9 Å². The Hall–Kier alpha value is -1.34. The van der Waals surface area contributed by atoms with E-state index in [1.165, 1.54) is 0 Å². The highest BCUT2D eigenvalue weighted by molar-refractivity contribution is 9.10. The van der Waals surface area contributed by atoms with Crippen molar-refractivity contribution in [3.8, 4) is 12.3 Å². The van der Waals surface area contributed by atoms with Gasteiger partial charge in [-0.3, -0.25) is 4.79 Å². The van der Waals surface area contributed by atoms with Crippen LogP contribution < -0.4 is 5.32 Å². The average molecular weight is 267 g/mol. The summed E-state index contributed by atoms with van der Waals surface area (Å²) >= 11 is 3.20. The van der Waals surface area contributed by atoms with Gasteiger partial charge in [-0.15, -0.1) is 6.42 Å². The molecule has 78 valence electrons. The van der Waals surface area contributed by atoms with Crippen molar-refractivity contribution < 1.29 is 4.79 Å². The van der Waals surface area contributed by atoms with Crippen LogP contribution in [0.25, 0.3) is 0 Å². The Labute approximate surface area is 97.4 Å². The zero-order chi connectivity index (χ0) is 11.3. The SMILES string of the molecule is C#CC(CC)NC(=O)c1ccnc(Br)c1. The Morgan fingerprint density at radius 3 is 3.07 bits per heavy atom. The highest BCUT2D eigenvalue weighted by Crippen LogP contribution is 2.08. The third-order valence-electron chi connectivity index (χ3n) is 1.90. The summed E-state index contributed by atoms with van der Waals surface area (Å²) in [5, 5.41) is 2.74. The molecule has 0 fully saturated rings. The average Bonchev–Trinajstić information content (AvgIpc) is 2.25. The highest BCUT2D eigenvalue weighted by Gasteiger charge is 2.09. The molecule has 0 aliphatic rings. The van der Waals surface area contributed by atoms with Crippen molar-refractivity contribution in [2.75, 3.05) is 0 Å². The van der Waals surface area contributed by atoms with E-state index in [9.17, 15) is 4.79 Å². The molecular weight excluding hydrogens is 256 g/mol. The van der Waals surface area contributed by atoms with Crippen molar-refractivity contribution in [3.63, 3.8) is 0 Å². The number of nitrogens with zero attached hydrogens (tertiary/aromatic N) is 1. The lowest BCUT2D eigenvalue weighted by Crippen LogP contribution is -2.33. The lowest BCUT2D eigenvalue weighted by Gasteiger charge is -2.10. The number of carbonyl (C=O) groups is 1. The van der Waals surface area contributed by atoms with Gasteiger partial charge < -0.3 is 5.32 Å². The summed E-state index contributed by atoms with van der Waals surface area (Å²) in [5.41, 5.74) is 0.547. The molecule has 0 saturated carbocycles. The summed E-state index contributed by atoms with van der Waals surface area (Å²) in [6, 6.07) is 3.08. The summed E-state index contributed by atoms with van der Waals surface area (Å²) < 4.78 is 0.629. The number of halogens is 1. The smallest absolute Gasteiger partial charge is 0.252 e. The van der Waals surface area contributed by atoms with Gasteiger partial charge >= 0.3 is 0 Å². The topological polar surface area (TPSA) is 42.0 Å². The van der Waals surface area contributed by atoms with E-state index in [0.717, 1.165) is 0 Å². The molecule has 1 unspecified atom stereocenters.